The molecule has 1 fully saturated rings. The monoisotopic (exact) mass is 444 g/mol. The summed E-state index contributed by atoms with van der Waals surface area (Å²) in [6, 6.07) is 7.41. The number of amides is 1. The van der Waals surface area contributed by atoms with Gasteiger partial charge in [0.15, 0.2) is 0 Å². The largest absolute Gasteiger partial charge is 0.383 e. The van der Waals surface area contributed by atoms with E-state index < -0.39 is 10.0 Å². The number of carbonyl (C=O) groups excluding carboxylic acids is 1. The summed E-state index contributed by atoms with van der Waals surface area (Å²) in [7, 11) is -2.18. The zero-order valence-electron chi connectivity index (χ0n) is 17.5. The Morgan fingerprint density at radius 2 is 2.00 bits per heavy atom. The quantitative estimate of drug-likeness (QED) is 0.547. The van der Waals surface area contributed by atoms with Crippen LogP contribution in [0, 0.1) is 6.92 Å². The van der Waals surface area contributed by atoms with Gasteiger partial charge in [-0.1, -0.05) is 5.16 Å². The van der Waals surface area contributed by atoms with Gasteiger partial charge in [-0.05, 0) is 57.0 Å². The van der Waals surface area contributed by atoms with Gasteiger partial charge >= 0.3 is 0 Å². The summed E-state index contributed by atoms with van der Waals surface area (Å²) in [4.78, 5) is 17.6. The van der Waals surface area contributed by atoms with E-state index in [2.05, 4.69) is 20.2 Å². The molecule has 2 heterocycles. The molecule has 0 bridgehead atoms. The van der Waals surface area contributed by atoms with Gasteiger partial charge in [-0.15, -0.1) is 0 Å². The Morgan fingerprint density at radius 3 is 2.65 bits per heavy atom. The average Bonchev–Trinajstić information content (AvgIpc) is 3.51. The van der Waals surface area contributed by atoms with E-state index in [4.69, 9.17) is 9.26 Å². The first kappa shape index (κ1) is 21.4. The number of carbonyl (C=O) groups is 1. The number of pyridine rings is 1. The van der Waals surface area contributed by atoms with Gasteiger partial charge in [0.1, 0.15) is 0 Å². The van der Waals surface area contributed by atoms with Crippen LogP contribution in [-0.2, 0) is 14.8 Å². The number of aryl methyl sites for hydroxylation is 1. The predicted octanol–water partition coefficient (Wildman–Crippen LogP) is 2.97. The molecule has 0 aliphatic heterocycles. The molecule has 1 aliphatic carbocycles. The molecule has 2 N–H and O–H groups in total. The van der Waals surface area contributed by atoms with Crippen LogP contribution in [-0.4, -0.2) is 44.2 Å². The number of nitrogens with zero attached hydrogens (tertiary/aromatic N) is 2. The maximum Gasteiger partial charge on any atom is 0.259 e. The number of rotatable bonds is 8. The molecule has 9 nitrogen and oxygen atoms in total. The van der Waals surface area contributed by atoms with Crippen molar-refractivity contribution in [1.82, 2.24) is 14.9 Å². The fraction of sp³-hybridized carbons (Fsp3) is 0.381. The number of nitrogens with one attached hydrogen (secondary N) is 2. The predicted molar refractivity (Wildman–Crippen MR) is 115 cm³/mol. The van der Waals surface area contributed by atoms with Crippen molar-refractivity contribution in [1.29, 1.82) is 0 Å². The molecule has 0 spiro atoms. The molecule has 0 radical (unpaired) electrons. The third kappa shape index (κ3) is 4.60. The van der Waals surface area contributed by atoms with E-state index in [1.165, 1.54) is 19.2 Å². The molecule has 1 amide bonds. The zero-order chi connectivity index (χ0) is 22.2. The Labute approximate surface area is 180 Å². The summed E-state index contributed by atoms with van der Waals surface area (Å²) < 4.78 is 37.7. The van der Waals surface area contributed by atoms with E-state index in [0.717, 1.165) is 18.5 Å². The van der Waals surface area contributed by atoms with Gasteiger partial charge in [-0.25, -0.2) is 18.1 Å². The third-order valence-corrected chi connectivity index (χ3v) is 6.68. The topological polar surface area (TPSA) is 123 Å². The first-order chi connectivity index (χ1) is 14.8. The Hall–Kier alpha value is -2.82. The first-order valence-electron chi connectivity index (χ1n) is 9.98. The lowest BCUT2D eigenvalue weighted by atomic mass is 10.1. The number of benzene rings is 1. The minimum atomic E-state index is -3.69. The lowest BCUT2D eigenvalue weighted by molar-refractivity contribution is 0.102. The van der Waals surface area contributed by atoms with Crippen LogP contribution in [0.15, 0.2) is 39.8 Å². The molecule has 1 aromatic carbocycles. The van der Waals surface area contributed by atoms with Crippen LogP contribution in [0.5, 0.6) is 0 Å². The lowest BCUT2D eigenvalue weighted by Crippen LogP contribution is -2.35. The van der Waals surface area contributed by atoms with Crippen LogP contribution in [0.3, 0.4) is 0 Å². The number of anilines is 1. The van der Waals surface area contributed by atoms with Gasteiger partial charge in [0, 0.05) is 30.5 Å². The second-order valence-electron chi connectivity index (χ2n) is 7.77. The van der Waals surface area contributed by atoms with Gasteiger partial charge in [-0.3, -0.25) is 4.79 Å². The molecule has 0 saturated heterocycles. The first-order valence-corrected chi connectivity index (χ1v) is 11.5. The highest BCUT2D eigenvalue weighted by molar-refractivity contribution is 7.89. The lowest BCUT2D eigenvalue weighted by Gasteiger charge is -2.13. The van der Waals surface area contributed by atoms with Gasteiger partial charge in [0.25, 0.3) is 11.6 Å². The van der Waals surface area contributed by atoms with Crippen LogP contribution in [0.25, 0.3) is 11.1 Å². The zero-order valence-corrected chi connectivity index (χ0v) is 18.3. The van der Waals surface area contributed by atoms with Crippen molar-refractivity contribution in [2.45, 2.75) is 43.5 Å². The van der Waals surface area contributed by atoms with Crippen molar-refractivity contribution in [3.8, 4) is 0 Å². The standard InChI is InChI=1S/C21H24N4O5S/c1-12(11-29-3)25-31(27,28)16-8-6-15(7-9-16)22-20(26)17-10-18(14-4-5-14)23-21-19(17)13(2)24-30-21/h6-10,12,14,25H,4-5,11H2,1-3H3,(H,22,26). The molecule has 1 unspecified atom stereocenters. The SMILES string of the molecule is COCC(C)NS(=O)(=O)c1ccc(NC(=O)c2cc(C3CC3)nc3onc(C)c23)cc1. The van der Waals surface area contributed by atoms with Crippen molar-refractivity contribution in [3.63, 3.8) is 0 Å². The van der Waals surface area contributed by atoms with Gasteiger partial charge in [0.2, 0.25) is 10.0 Å². The number of aromatic nitrogens is 2. The molecular formula is C21H24N4O5S. The second-order valence-corrected chi connectivity index (χ2v) is 9.49. The van der Waals surface area contributed by atoms with E-state index >= 15 is 0 Å². The third-order valence-electron chi connectivity index (χ3n) is 5.07. The minimum absolute atomic E-state index is 0.102. The van der Waals surface area contributed by atoms with Crippen LogP contribution in [0.1, 0.15) is 47.4 Å². The molecule has 10 heteroatoms. The summed E-state index contributed by atoms with van der Waals surface area (Å²) in [6.45, 7) is 3.74. The van der Waals surface area contributed by atoms with E-state index in [1.807, 2.05) is 0 Å². The number of fused-ring (bicyclic) bond motifs is 1. The summed E-state index contributed by atoms with van der Waals surface area (Å²) in [5.41, 5.74) is 2.68. The number of hydrogen-bond donors (Lipinski definition) is 2. The van der Waals surface area contributed by atoms with Crippen LogP contribution in [0.4, 0.5) is 5.69 Å². The van der Waals surface area contributed by atoms with Gasteiger partial charge in [0.05, 0.1) is 28.1 Å². The second kappa shape index (κ2) is 8.37. The highest BCUT2D eigenvalue weighted by atomic mass is 32.2. The van der Waals surface area contributed by atoms with Gasteiger partial charge in [-0.2, -0.15) is 0 Å². The van der Waals surface area contributed by atoms with Gasteiger partial charge < -0.3 is 14.6 Å². The Balaban J connectivity index is 1.55. The van der Waals surface area contributed by atoms with E-state index in [1.54, 1.807) is 32.0 Å². The van der Waals surface area contributed by atoms with Crippen molar-refractivity contribution < 1.29 is 22.5 Å². The summed E-state index contributed by atoms with van der Waals surface area (Å²) in [5.74, 6) is 0.0156. The highest BCUT2D eigenvalue weighted by Gasteiger charge is 2.28. The van der Waals surface area contributed by atoms with Crippen molar-refractivity contribution in [3.05, 3.63) is 47.3 Å². The van der Waals surface area contributed by atoms with E-state index in [0.29, 0.717) is 34.0 Å². The smallest absolute Gasteiger partial charge is 0.259 e. The fourth-order valence-electron chi connectivity index (χ4n) is 3.41. The molecule has 3 aromatic rings. The molecule has 1 saturated carbocycles. The maximum atomic E-state index is 13.0. The Bertz CT molecular complexity index is 1220. The van der Waals surface area contributed by atoms with Crippen LogP contribution >= 0.6 is 0 Å². The fourth-order valence-corrected chi connectivity index (χ4v) is 4.64. The molecule has 1 atom stereocenters. The van der Waals surface area contributed by atoms with Crippen molar-refractivity contribution in [2.24, 2.45) is 0 Å². The van der Waals surface area contributed by atoms with E-state index in [9.17, 15) is 13.2 Å². The number of hydrogen-bond acceptors (Lipinski definition) is 7. The maximum absolute atomic E-state index is 13.0. The molecular weight excluding hydrogens is 420 g/mol. The van der Waals surface area contributed by atoms with Crippen molar-refractivity contribution in [2.75, 3.05) is 19.0 Å². The molecule has 2 aromatic heterocycles. The average molecular weight is 445 g/mol. The molecule has 164 valence electrons. The number of methoxy groups -OCH3 is 1. The van der Waals surface area contributed by atoms with Crippen LogP contribution in [0.2, 0.25) is 0 Å². The minimum Gasteiger partial charge on any atom is -0.383 e. The summed E-state index contributed by atoms with van der Waals surface area (Å²) >= 11 is 0. The molecule has 1 aliphatic rings. The van der Waals surface area contributed by atoms with Crippen molar-refractivity contribution >= 4 is 32.7 Å². The Morgan fingerprint density at radius 1 is 1.29 bits per heavy atom. The molecule has 4 rings (SSSR count). The van der Waals surface area contributed by atoms with E-state index in [-0.39, 0.29) is 23.5 Å². The normalized spacial score (nSPS) is 15.2. The number of sulfonamides is 1. The number of ether oxygens (including phenoxy) is 1. The summed E-state index contributed by atoms with van der Waals surface area (Å²) in [6.07, 6.45) is 2.08. The highest BCUT2D eigenvalue weighted by Crippen LogP contribution is 2.40. The van der Waals surface area contributed by atoms with Crippen LogP contribution < -0.4 is 10.0 Å². The Kier molecular flexibility index (Phi) is 5.78. The summed E-state index contributed by atoms with van der Waals surface area (Å²) in [5, 5.41) is 7.35. The molecule has 31 heavy (non-hydrogen) atoms.